The molecular weight excluding hydrogens is 319 g/mol. The third kappa shape index (κ3) is 3.03. The molecule has 1 aliphatic rings. The van der Waals surface area contributed by atoms with E-state index in [9.17, 15) is 9.18 Å². The van der Waals surface area contributed by atoms with Gasteiger partial charge in [-0.3, -0.25) is 4.68 Å². The van der Waals surface area contributed by atoms with Crippen LogP contribution >= 0.6 is 11.6 Å². The fraction of sp³-hybridized carbons (Fsp3) is 0.375. The first-order valence-electron chi connectivity index (χ1n) is 7.47. The lowest BCUT2D eigenvalue weighted by Gasteiger charge is -2.31. The molecule has 7 heteroatoms. The van der Waals surface area contributed by atoms with E-state index < -0.39 is 5.82 Å². The number of anilines is 1. The van der Waals surface area contributed by atoms with E-state index in [-0.39, 0.29) is 17.8 Å². The molecule has 2 amide bonds. The summed E-state index contributed by atoms with van der Waals surface area (Å²) in [7, 11) is 3.62. The van der Waals surface area contributed by atoms with Crippen LogP contribution in [0.5, 0.6) is 0 Å². The van der Waals surface area contributed by atoms with Gasteiger partial charge in [0.1, 0.15) is 5.82 Å². The second-order valence-corrected chi connectivity index (χ2v) is 6.18. The monoisotopic (exact) mass is 336 g/mol. The predicted molar refractivity (Wildman–Crippen MR) is 87.1 cm³/mol. The van der Waals surface area contributed by atoms with Gasteiger partial charge in [-0.2, -0.15) is 5.10 Å². The van der Waals surface area contributed by atoms with Crippen molar-refractivity contribution in [2.45, 2.75) is 25.3 Å². The molecule has 5 nitrogen and oxygen atoms in total. The van der Waals surface area contributed by atoms with Crippen LogP contribution < -0.4 is 5.32 Å². The zero-order valence-electron chi connectivity index (χ0n) is 13.0. The van der Waals surface area contributed by atoms with Crippen LogP contribution in [-0.4, -0.2) is 27.8 Å². The van der Waals surface area contributed by atoms with Crippen LogP contribution in [0, 0.1) is 5.82 Å². The Balaban J connectivity index is 1.79. The first-order chi connectivity index (χ1) is 11.0. The normalized spacial score (nSPS) is 16.8. The highest BCUT2D eigenvalue weighted by Gasteiger charge is 2.29. The summed E-state index contributed by atoms with van der Waals surface area (Å²) in [6, 6.07) is 3.65. The van der Waals surface area contributed by atoms with Gasteiger partial charge in [0.2, 0.25) is 0 Å². The Morgan fingerprint density at radius 3 is 3.09 bits per heavy atom. The third-order valence-electron chi connectivity index (χ3n) is 4.30. The van der Waals surface area contributed by atoms with Gasteiger partial charge < -0.3 is 10.2 Å². The molecule has 0 aliphatic heterocycles. The summed E-state index contributed by atoms with van der Waals surface area (Å²) in [5, 5.41) is 7.24. The van der Waals surface area contributed by atoms with Gasteiger partial charge in [-0.1, -0.05) is 11.6 Å². The molecule has 0 fully saturated rings. The van der Waals surface area contributed by atoms with Crippen LogP contribution in [0.15, 0.2) is 24.4 Å². The molecule has 2 aromatic rings. The zero-order valence-corrected chi connectivity index (χ0v) is 13.8. The number of benzene rings is 1. The minimum Gasteiger partial charge on any atom is -0.320 e. The summed E-state index contributed by atoms with van der Waals surface area (Å²) in [6.07, 6.45) is 4.62. The summed E-state index contributed by atoms with van der Waals surface area (Å²) in [6.45, 7) is 0. The molecule has 0 radical (unpaired) electrons. The van der Waals surface area contributed by atoms with Crippen LogP contribution in [-0.2, 0) is 13.5 Å². The summed E-state index contributed by atoms with van der Waals surface area (Å²) >= 11 is 5.86. The Bertz CT molecular complexity index is 746. The number of nitrogens with zero attached hydrogens (tertiary/aromatic N) is 3. The van der Waals surface area contributed by atoms with E-state index in [1.54, 1.807) is 11.9 Å². The maximum absolute atomic E-state index is 13.8. The Morgan fingerprint density at radius 1 is 1.52 bits per heavy atom. The van der Waals surface area contributed by atoms with Gasteiger partial charge in [0.05, 0.1) is 17.9 Å². The number of rotatable bonds is 2. The molecule has 23 heavy (non-hydrogen) atoms. The number of aromatic nitrogens is 2. The van der Waals surface area contributed by atoms with Crippen molar-refractivity contribution in [2.75, 3.05) is 12.4 Å². The second kappa shape index (κ2) is 6.20. The number of halogens is 2. The van der Waals surface area contributed by atoms with Crippen LogP contribution in [0.25, 0.3) is 0 Å². The Labute approximate surface area is 139 Å². The maximum atomic E-state index is 13.8. The molecule has 1 heterocycles. The smallest absolute Gasteiger partial charge is 0.320 e. The average Bonchev–Trinajstić information content (AvgIpc) is 2.92. The SMILES string of the molecule is CN(C(=O)Nc1cc(Cl)ccc1F)C1CCCc2c1cnn2C. The van der Waals surface area contributed by atoms with E-state index in [1.807, 2.05) is 17.9 Å². The van der Waals surface area contributed by atoms with Crippen LogP contribution in [0.1, 0.15) is 30.1 Å². The molecule has 1 aliphatic carbocycles. The molecular formula is C16H18ClFN4O. The number of aryl methyl sites for hydroxylation is 1. The van der Waals surface area contributed by atoms with E-state index >= 15 is 0 Å². The van der Waals surface area contributed by atoms with E-state index in [1.165, 1.54) is 18.2 Å². The maximum Gasteiger partial charge on any atom is 0.322 e. The minimum absolute atomic E-state index is 0.0605. The summed E-state index contributed by atoms with van der Waals surface area (Å²) in [4.78, 5) is 14.1. The van der Waals surface area contributed by atoms with Crippen molar-refractivity contribution in [3.8, 4) is 0 Å². The van der Waals surface area contributed by atoms with Gasteiger partial charge in [-0.05, 0) is 37.5 Å². The summed E-state index contributed by atoms with van der Waals surface area (Å²) in [5.41, 5.74) is 2.29. The van der Waals surface area contributed by atoms with Gasteiger partial charge in [0.15, 0.2) is 0 Å². The van der Waals surface area contributed by atoms with Crippen molar-refractivity contribution < 1.29 is 9.18 Å². The number of amides is 2. The molecule has 3 rings (SSSR count). The highest BCUT2D eigenvalue weighted by molar-refractivity contribution is 6.30. The number of hydrogen-bond donors (Lipinski definition) is 1. The lowest BCUT2D eigenvalue weighted by molar-refractivity contribution is 0.197. The fourth-order valence-corrected chi connectivity index (χ4v) is 3.20. The average molecular weight is 337 g/mol. The van der Waals surface area contributed by atoms with Crippen LogP contribution in [0.3, 0.4) is 0 Å². The van der Waals surface area contributed by atoms with E-state index in [2.05, 4.69) is 10.4 Å². The molecule has 0 spiro atoms. The number of nitrogens with one attached hydrogen (secondary N) is 1. The highest BCUT2D eigenvalue weighted by Crippen LogP contribution is 2.33. The molecule has 1 atom stereocenters. The van der Waals surface area contributed by atoms with Crippen molar-refractivity contribution in [1.82, 2.24) is 14.7 Å². The molecule has 1 unspecified atom stereocenters. The van der Waals surface area contributed by atoms with Crippen molar-refractivity contribution in [1.29, 1.82) is 0 Å². The lowest BCUT2D eigenvalue weighted by Crippen LogP contribution is -2.36. The number of hydrogen-bond acceptors (Lipinski definition) is 2. The number of carbonyl (C=O) groups excluding carboxylic acids is 1. The molecule has 0 bridgehead atoms. The topological polar surface area (TPSA) is 50.2 Å². The first kappa shape index (κ1) is 15.8. The minimum atomic E-state index is -0.512. The first-order valence-corrected chi connectivity index (χ1v) is 7.85. The molecule has 1 N–H and O–H groups in total. The van der Waals surface area contributed by atoms with E-state index in [0.29, 0.717) is 5.02 Å². The number of fused-ring (bicyclic) bond motifs is 1. The Hall–Kier alpha value is -2.08. The number of urea groups is 1. The molecule has 0 saturated carbocycles. The van der Waals surface area contributed by atoms with E-state index in [0.717, 1.165) is 30.5 Å². The van der Waals surface area contributed by atoms with Gasteiger partial charge in [0.25, 0.3) is 0 Å². The van der Waals surface area contributed by atoms with Crippen molar-refractivity contribution in [3.63, 3.8) is 0 Å². The second-order valence-electron chi connectivity index (χ2n) is 5.74. The molecule has 122 valence electrons. The van der Waals surface area contributed by atoms with Crippen molar-refractivity contribution in [2.24, 2.45) is 7.05 Å². The third-order valence-corrected chi connectivity index (χ3v) is 4.54. The van der Waals surface area contributed by atoms with Gasteiger partial charge in [-0.25, -0.2) is 9.18 Å². The lowest BCUT2D eigenvalue weighted by atomic mass is 9.92. The predicted octanol–water partition coefficient (Wildman–Crippen LogP) is 3.75. The van der Waals surface area contributed by atoms with Gasteiger partial charge in [0, 0.05) is 30.4 Å². The van der Waals surface area contributed by atoms with Crippen LogP contribution in [0.4, 0.5) is 14.9 Å². The van der Waals surface area contributed by atoms with Gasteiger partial charge >= 0.3 is 6.03 Å². The van der Waals surface area contributed by atoms with Gasteiger partial charge in [-0.15, -0.1) is 0 Å². The summed E-state index contributed by atoms with van der Waals surface area (Å²) < 4.78 is 15.6. The summed E-state index contributed by atoms with van der Waals surface area (Å²) in [5.74, 6) is -0.512. The fourth-order valence-electron chi connectivity index (χ4n) is 3.02. The molecule has 1 aromatic carbocycles. The Morgan fingerprint density at radius 2 is 2.30 bits per heavy atom. The molecule has 0 saturated heterocycles. The van der Waals surface area contributed by atoms with Crippen LogP contribution in [0.2, 0.25) is 5.02 Å². The van der Waals surface area contributed by atoms with Crippen molar-refractivity contribution in [3.05, 3.63) is 46.5 Å². The number of carbonyl (C=O) groups is 1. The van der Waals surface area contributed by atoms with E-state index in [4.69, 9.17) is 11.6 Å². The quantitative estimate of drug-likeness (QED) is 0.908. The standard InChI is InChI=1S/C16H18ClFN4O/c1-21(14-4-3-5-15-11(14)9-19-22(15)2)16(23)20-13-8-10(17)6-7-12(13)18/h6-9,14H,3-5H2,1-2H3,(H,20,23). The highest BCUT2D eigenvalue weighted by atomic mass is 35.5. The Kier molecular flexibility index (Phi) is 4.26. The molecule has 1 aromatic heterocycles. The zero-order chi connectivity index (χ0) is 16.6. The largest absolute Gasteiger partial charge is 0.322 e. The van der Waals surface area contributed by atoms with Crippen molar-refractivity contribution >= 4 is 23.3 Å².